The summed E-state index contributed by atoms with van der Waals surface area (Å²) in [6, 6.07) is 11.7. The molecule has 1 heterocycles. The summed E-state index contributed by atoms with van der Waals surface area (Å²) in [5.41, 5.74) is 4.59. The van der Waals surface area contributed by atoms with Gasteiger partial charge in [0.25, 0.3) is 0 Å². The van der Waals surface area contributed by atoms with Crippen LogP contribution in [0.15, 0.2) is 41.6 Å². The molecule has 0 aliphatic carbocycles. The smallest absolute Gasteiger partial charge is 0.214 e. The molecule has 140 valence electrons. The first-order valence-electron chi connectivity index (χ1n) is 8.62. The van der Waals surface area contributed by atoms with Gasteiger partial charge in [0.2, 0.25) is 5.16 Å². The van der Waals surface area contributed by atoms with Crippen LogP contribution in [0, 0.1) is 20.8 Å². The number of Topliss-reactive ketones (excluding diaryl/α,β-unsaturated/α-hetero) is 1. The predicted molar refractivity (Wildman–Crippen MR) is 106 cm³/mol. The molecular formula is C20H22N4O2S. The van der Waals surface area contributed by atoms with Crippen molar-refractivity contribution in [2.24, 2.45) is 0 Å². The monoisotopic (exact) mass is 382 g/mol. The first-order chi connectivity index (χ1) is 12.9. The molecule has 0 aliphatic rings. The molecule has 0 saturated carbocycles. The van der Waals surface area contributed by atoms with Crippen molar-refractivity contribution in [3.8, 4) is 11.4 Å². The minimum absolute atomic E-state index is 0.0620. The third-order valence-electron chi connectivity index (χ3n) is 4.31. The summed E-state index contributed by atoms with van der Waals surface area (Å²) in [5, 5.41) is 12.2. The quantitative estimate of drug-likeness (QED) is 0.475. The van der Waals surface area contributed by atoms with Gasteiger partial charge in [-0.05, 0) is 67.4 Å². The van der Waals surface area contributed by atoms with Crippen molar-refractivity contribution < 1.29 is 9.53 Å². The number of benzene rings is 2. The van der Waals surface area contributed by atoms with Gasteiger partial charge in [-0.3, -0.25) is 4.79 Å². The summed E-state index contributed by atoms with van der Waals surface area (Å²) in [6.45, 7) is 7.80. The van der Waals surface area contributed by atoms with Crippen molar-refractivity contribution in [1.29, 1.82) is 0 Å². The van der Waals surface area contributed by atoms with Crippen molar-refractivity contribution in [3.63, 3.8) is 0 Å². The highest BCUT2D eigenvalue weighted by atomic mass is 32.2. The second-order valence-corrected chi connectivity index (χ2v) is 7.80. The zero-order chi connectivity index (χ0) is 19.6. The number of tetrazole rings is 1. The number of hydrogen-bond donors (Lipinski definition) is 0. The van der Waals surface area contributed by atoms with E-state index in [9.17, 15) is 4.79 Å². The number of carbonyl (C=O) groups is 1. The Balaban J connectivity index is 1.90. The lowest BCUT2D eigenvalue weighted by molar-refractivity contribution is 0.0993. The number of hydrogen-bond acceptors (Lipinski definition) is 6. The van der Waals surface area contributed by atoms with Crippen molar-refractivity contribution in [2.45, 2.75) is 38.1 Å². The second kappa shape index (κ2) is 7.92. The fourth-order valence-electron chi connectivity index (χ4n) is 2.80. The number of carbonyl (C=O) groups excluding carboxylic acids is 1. The van der Waals surface area contributed by atoms with Crippen molar-refractivity contribution in [1.82, 2.24) is 20.2 Å². The number of thioether (sulfide) groups is 1. The van der Waals surface area contributed by atoms with Crippen LogP contribution in [-0.4, -0.2) is 38.4 Å². The molecule has 1 atom stereocenters. The van der Waals surface area contributed by atoms with Crippen LogP contribution in [-0.2, 0) is 0 Å². The number of ketones is 1. The summed E-state index contributed by atoms with van der Waals surface area (Å²) >= 11 is 1.34. The zero-order valence-electron chi connectivity index (χ0n) is 16.1. The number of ether oxygens (including phenoxy) is 1. The number of nitrogens with zero attached hydrogens (tertiary/aromatic N) is 4. The van der Waals surface area contributed by atoms with Gasteiger partial charge in [0.1, 0.15) is 11.4 Å². The molecule has 0 N–H and O–H groups in total. The van der Waals surface area contributed by atoms with Gasteiger partial charge in [0, 0.05) is 5.56 Å². The lowest BCUT2D eigenvalue weighted by atomic mass is 10.0. The first kappa shape index (κ1) is 19.1. The molecule has 3 aromatic rings. The van der Waals surface area contributed by atoms with E-state index >= 15 is 0 Å². The molecule has 27 heavy (non-hydrogen) atoms. The van der Waals surface area contributed by atoms with Crippen LogP contribution in [0.4, 0.5) is 0 Å². The van der Waals surface area contributed by atoms with Crippen LogP contribution in [0.25, 0.3) is 5.69 Å². The zero-order valence-corrected chi connectivity index (χ0v) is 16.9. The molecule has 6 nitrogen and oxygen atoms in total. The van der Waals surface area contributed by atoms with E-state index in [1.54, 1.807) is 11.8 Å². The van der Waals surface area contributed by atoms with Crippen LogP contribution >= 0.6 is 11.8 Å². The topological polar surface area (TPSA) is 69.9 Å². The lowest BCUT2D eigenvalue weighted by Gasteiger charge is -2.14. The molecule has 0 aliphatic heterocycles. The van der Waals surface area contributed by atoms with Crippen LogP contribution in [0.3, 0.4) is 0 Å². The maximum atomic E-state index is 12.9. The summed E-state index contributed by atoms with van der Waals surface area (Å²) in [4.78, 5) is 12.9. The number of methoxy groups -OCH3 is 1. The lowest BCUT2D eigenvalue weighted by Crippen LogP contribution is -2.16. The van der Waals surface area contributed by atoms with Crippen molar-refractivity contribution >= 4 is 17.5 Å². The first-order valence-corrected chi connectivity index (χ1v) is 9.50. The van der Waals surface area contributed by atoms with Crippen LogP contribution in [0.1, 0.15) is 34.0 Å². The van der Waals surface area contributed by atoms with Gasteiger partial charge in [-0.2, -0.15) is 4.68 Å². The highest BCUT2D eigenvalue weighted by molar-refractivity contribution is 8.00. The van der Waals surface area contributed by atoms with Crippen LogP contribution < -0.4 is 4.74 Å². The van der Waals surface area contributed by atoms with Gasteiger partial charge in [0.05, 0.1) is 12.4 Å². The van der Waals surface area contributed by atoms with Gasteiger partial charge in [-0.15, -0.1) is 5.10 Å². The van der Waals surface area contributed by atoms with Crippen LogP contribution in [0.5, 0.6) is 5.75 Å². The molecule has 1 aromatic heterocycles. The fourth-order valence-corrected chi connectivity index (χ4v) is 3.67. The normalized spacial score (nSPS) is 12.0. The average Bonchev–Trinajstić information content (AvgIpc) is 3.11. The number of rotatable bonds is 6. The van der Waals surface area contributed by atoms with Crippen LogP contribution in [0.2, 0.25) is 0 Å². The highest BCUT2D eigenvalue weighted by Crippen LogP contribution is 2.30. The molecule has 0 amide bonds. The molecule has 0 spiro atoms. The Morgan fingerprint density at radius 1 is 1.11 bits per heavy atom. The summed E-state index contributed by atoms with van der Waals surface area (Å²) in [6.07, 6.45) is 0. The number of aromatic nitrogens is 4. The van der Waals surface area contributed by atoms with Gasteiger partial charge in [-0.1, -0.05) is 35.5 Å². The van der Waals surface area contributed by atoms with E-state index in [2.05, 4.69) is 15.5 Å². The van der Waals surface area contributed by atoms with E-state index in [0.29, 0.717) is 10.9 Å². The molecule has 7 heteroatoms. The Labute approximate surface area is 162 Å². The maximum absolute atomic E-state index is 12.9. The van der Waals surface area contributed by atoms with Gasteiger partial charge >= 0.3 is 0 Å². The van der Waals surface area contributed by atoms with E-state index < -0.39 is 0 Å². The average molecular weight is 382 g/mol. The molecule has 0 saturated heterocycles. The predicted octanol–water partition coefficient (Wildman–Crippen LogP) is 3.96. The Hall–Kier alpha value is -2.67. The molecule has 3 rings (SSSR count). The van der Waals surface area contributed by atoms with E-state index in [1.807, 2.05) is 64.1 Å². The van der Waals surface area contributed by atoms with E-state index in [0.717, 1.165) is 27.9 Å². The van der Waals surface area contributed by atoms with Gasteiger partial charge < -0.3 is 4.74 Å². The Morgan fingerprint density at radius 2 is 1.81 bits per heavy atom. The fraction of sp³-hybridized carbons (Fsp3) is 0.300. The summed E-state index contributed by atoms with van der Waals surface area (Å²) in [5.74, 6) is 0.732. The minimum Gasteiger partial charge on any atom is -0.494 e. The van der Waals surface area contributed by atoms with Crippen molar-refractivity contribution in [3.05, 3.63) is 58.7 Å². The highest BCUT2D eigenvalue weighted by Gasteiger charge is 2.22. The largest absolute Gasteiger partial charge is 0.494 e. The van der Waals surface area contributed by atoms with E-state index in [4.69, 9.17) is 4.74 Å². The SMILES string of the molecule is COc1ccc(C)cc1-n1nnnc1S[C@@H](C)C(=O)c1cc(C)ccc1C. The number of aryl methyl sites for hydroxylation is 3. The maximum Gasteiger partial charge on any atom is 0.214 e. The third-order valence-corrected chi connectivity index (χ3v) is 5.35. The van der Waals surface area contributed by atoms with Gasteiger partial charge in [0.15, 0.2) is 5.78 Å². The third kappa shape index (κ3) is 4.03. The van der Waals surface area contributed by atoms with Gasteiger partial charge in [-0.25, -0.2) is 0 Å². The molecule has 2 aromatic carbocycles. The Bertz CT molecular complexity index is 984. The minimum atomic E-state index is -0.328. The Morgan fingerprint density at radius 3 is 2.56 bits per heavy atom. The summed E-state index contributed by atoms with van der Waals surface area (Å²) < 4.78 is 7.05. The Kier molecular flexibility index (Phi) is 5.60. The summed E-state index contributed by atoms with van der Waals surface area (Å²) in [7, 11) is 1.61. The molecule has 0 bridgehead atoms. The van der Waals surface area contributed by atoms with E-state index in [1.165, 1.54) is 11.8 Å². The second-order valence-electron chi connectivity index (χ2n) is 6.49. The molecule has 0 fully saturated rings. The molecule has 0 radical (unpaired) electrons. The molecular weight excluding hydrogens is 360 g/mol. The molecule has 0 unspecified atom stereocenters. The standard InChI is InChI=1S/C20H22N4O2S/c1-12-6-8-14(3)16(10-12)19(25)15(4)27-20-21-22-23-24(20)17-11-13(2)7-9-18(17)26-5/h6-11,15H,1-5H3/t15-/m0/s1. The van der Waals surface area contributed by atoms with Crippen molar-refractivity contribution in [2.75, 3.05) is 7.11 Å². The van der Waals surface area contributed by atoms with E-state index in [-0.39, 0.29) is 11.0 Å².